The Kier molecular flexibility index (Phi) is 6.35. The summed E-state index contributed by atoms with van der Waals surface area (Å²) >= 11 is 0. The second-order valence-corrected chi connectivity index (χ2v) is 7.66. The molecule has 164 valence electrons. The Morgan fingerprint density at radius 1 is 1.03 bits per heavy atom. The predicted octanol–water partition coefficient (Wildman–Crippen LogP) is 4.18. The largest absolute Gasteiger partial charge is 0.497 e. The first-order valence-corrected chi connectivity index (χ1v) is 10.6. The first kappa shape index (κ1) is 21.4. The molecule has 0 atom stereocenters. The highest BCUT2D eigenvalue weighted by Crippen LogP contribution is 2.27. The Labute approximate surface area is 187 Å². The number of aryl methyl sites for hydroxylation is 3. The predicted molar refractivity (Wildman–Crippen MR) is 124 cm³/mol. The van der Waals surface area contributed by atoms with Crippen molar-refractivity contribution in [2.75, 3.05) is 13.7 Å². The molecule has 0 unspecified atom stereocenters. The van der Waals surface area contributed by atoms with Crippen molar-refractivity contribution in [1.29, 1.82) is 0 Å². The first-order valence-electron chi connectivity index (χ1n) is 10.6. The van der Waals surface area contributed by atoms with Crippen molar-refractivity contribution in [1.82, 2.24) is 24.9 Å². The van der Waals surface area contributed by atoms with E-state index < -0.39 is 0 Å². The van der Waals surface area contributed by atoms with Gasteiger partial charge >= 0.3 is 0 Å². The molecule has 0 saturated carbocycles. The van der Waals surface area contributed by atoms with Crippen LogP contribution in [0.3, 0.4) is 0 Å². The average molecular weight is 430 g/mol. The van der Waals surface area contributed by atoms with Crippen LogP contribution in [0, 0.1) is 13.8 Å². The molecule has 2 aromatic heterocycles. The third-order valence-corrected chi connectivity index (χ3v) is 5.26. The molecule has 1 amide bonds. The molecule has 2 heterocycles. The monoisotopic (exact) mass is 429 g/mol. The van der Waals surface area contributed by atoms with Gasteiger partial charge in [-0.2, -0.15) is 10.2 Å². The molecule has 0 bridgehead atoms. The van der Waals surface area contributed by atoms with Crippen LogP contribution in [0.2, 0.25) is 0 Å². The van der Waals surface area contributed by atoms with Gasteiger partial charge in [-0.25, -0.2) is 4.68 Å². The lowest BCUT2D eigenvalue weighted by Gasteiger charge is -2.07. The van der Waals surface area contributed by atoms with Gasteiger partial charge in [0.2, 0.25) is 0 Å². The van der Waals surface area contributed by atoms with Gasteiger partial charge in [0, 0.05) is 30.5 Å². The summed E-state index contributed by atoms with van der Waals surface area (Å²) in [5.74, 6) is 0.561. The van der Waals surface area contributed by atoms with Crippen LogP contribution in [0.25, 0.3) is 16.9 Å². The van der Waals surface area contributed by atoms with Crippen LogP contribution >= 0.6 is 0 Å². The van der Waals surface area contributed by atoms with Gasteiger partial charge in [0.15, 0.2) is 0 Å². The summed E-state index contributed by atoms with van der Waals surface area (Å²) in [4.78, 5) is 13.1. The van der Waals surface area contributed by atoms with Gasteiger partial charge < -0.3 is 10.1 Å². The maximum absolute atomic E-state index is 13.1. The Morgan fingerprint density at radius 2 is 1.84 bits per heavy atom. The summed E-state index contributed by atoms with van der Waals surface area (Å²) in [5, 5.41) is 12.2. The average Bonchev–Trinajstić information content (AvgIpc) is 3.40. The zero-order chi connectivity index (χ0) is 22.5. The lowest BCUT2D eigenvalue weighted by molar-refractivity contribution is 0.0953. The van der Waals surface area contributed by atoms with Gasteiger partial charge in [0.1, 0.15) is 11.4 Å². The van der Waals surface area contributed by atoms with Crippen molar-refractivity contribution in [3.8, 4) is 22.7 Å². The molecule has 0 saturated heterocycles. The molecule has 7 heteroatoms. The second-order valence-electron chi connectivity index (χ2n) is 7.66. The summed E-state index contributed by atoms with van der Waals surface area (Å²) in [6.45, 7) is 5.32. The zero-order valence-corrected chi connectivity index (χ0v) is 18.6. The fourth-order valence-electron chi connectivity index (χ4n) is 3.66. The minimum Gasteiger partial charge on any atom is -0.497 e. The number of hydrogen-bond acceptors (Lipinski definition) is 4. The van der Waals surface area contributed by atoms with E-state index >= 15 is 0 Å². The van der Waals surface area contributed by atoms with E-state index in [9.17, 15) is 4.79 Å². The number of amides is 1. The van der Waals surface area contributed by atoms with E-state index in [-0.39, 0.29) is 5.91 Å². The molecule has 0 fully saturated rings. The van der Waals surface area contributed by atoms with Crippen LogP contribution in [0.15, 0.2) is 66.9 Å². The van der Waals surface area contributed by atoms with Crippen molar-refractivity contribution in [3.63, 3.8) is 0 Å². The molecule has 2 aromatic carbocycles. The number of carbonyl (C=O) groups excluding carboxylic acids is 1. The van der Waals surface area contributed by atoms with Crippen LogP contribution in [0.4, 0.5) is 0 Å². The Morgan fingerprint density at radius 3 is 2.56 bits per heavy atom. The SMILES string of the molecule is COc1cccc(-c2nn(-c3ccccc3)cc2C(=O)NCCCn2nc(C)cc2C)c1. The van der Waals surface area contributed by atoms with Crippen LogP contribution < -0.4 is 10.1 Å². The van der Waals surface area contributed by atoms with E-state index in [2.05, 4.69) is 16.5 Å². The first-order chi connectivity index (χ1) is 15.5. The van der Waals surface area contributed by atoms with E-state index in [0.29, 0.717) is 23.6 Å². The number of para-hydroxylation sites is 1. The topological polar surface area (TPSA) is 74.0 Å². The molecular formula is C25H27N5O2. The van der Waals surface area contributed by atoms with Gasteiger partial charge in [-0.15, -0.1) is 0 Å². The van der Waals surface area contributed by atoms with E-state index in [1.165, 1.54) is 0 Å². The normalized spacial score (nSPS) is 10.8. The molecule has 32 heavy (non-hydrogen) atoms. The second kappa shape index (κ2) is 9.51. The molecule has 0 aliphatic carbocycles. The van der Waals surface area contributed by atoms with Gasteiger partial charge in [-0.1, -0.05) is 30.3 Å². The molecule has 1 N–H and O–H groups in total. The standard InChI is InChI=1S/C25H27N5O2/c1-18-15-19(2)29(27-18)14-8-13-26-25(31)23-17-30(21-10-5-4-6-11-21)28-24(23)20-9-7-12-22(16-20)32-3/h4-7,9-12,15-17H,8,13-14H2,1-3H3,(H,26,31). The number of benzene rings is 2. The Bertz CT molecular complexity index is 1210. The maximum Gasteiger partial charge on any atom is 0.255 e. The zero-order valence-electron chi connectivity index (χ0n) is 18.6. The number of hydrogen-bond donors (Lipinski definition) is 1. The number of nitrogens with zero attached hydrogens (tertiary/aromatic N) is 4. The van der Waals surface area contributed by atoms with Crippen molar-refractivity contribution >= 4 is 5.91 Å². The third kappa shape index (κ3) is 4.72. The Balaban J connectivity index is 1.54. The molecule has 4 aromatic rings. The van der Waals surface area contributed by atoms with Crippen LogP contribution in [-0.4, -0.2) is 39.1 Å². The highest BCUT2D eigenvalue weighted by Gasteiger charge is 2.19. The fourth-order valence-corrected chi connectivity index (χ4v) is 3.66. The van der Waals surface area contributed by atoms with Crippen LogP contribution in [0.1, 0.15) is 28.2 Å². The fraction of sp³-hybridized carbons (Fsp3) is 0.240. The molecule has 0 radical (unpaired) electrons. The quantitative estimate of drug-likeness (QED) is 0.427. The smallest absolute Gasteiger partial charge is 0.255 e. The van der Waals surface area contributed by atoms with Crippen molar-refractivity contribution < 1.29 is 9.53 Å². The minimum atomic E-state index is -0.154. The van der Waals surface area contributed by atoms with E-state index in [0.717, 1.165) is 35.6 Å². The van der Waals surface area contributed by atoms with E-state index in [1.54, 1.807) is 18.0 Å². The summed E-state index contributed by atoms with van der Waals surface area (Å²) in [6.07, 6.45) is 2.56. The molecule has 0 aliphatic heterocycles. The maximum atomic E-state index is 13.1. The molecule has 0 aliphatic rings. The van der Waals surface area contributed by atoms with Gasteiger partial charge in [-0.05, 0) is 50.6 Å². The summed E-state index contributed by atoms with van der Waals surface area (Å²) in [6, 6.07) is 19.4. The highest BCUT2D eigenvalue weighted by molar-refractivity contribution is 6.00. The minimum absolute atomic E-state index is 0.154. The molecule has 0 spiro atoms. The summed E-state index contributed by atoms with van der Waals surface area (Å²) in [7, 11) is 1.62. The Hall–Kier alpha value is -3.87. The van der Waals surface area contributed by atoms with E-state index in [4.69, 9.17) is 9.84 Å². The third-order valence-electron chi connectivity index (χ3n) is 5.26. The highest BCUT2D eigenvalue weighted by atomic mass is 16.5. The number of carbonyl (C=O) groups is 1. The number of ether oxygens (including phenoxy) is 1. The van der Waals surface area contributed by atoms with Gasteiger partial charge in [0.25, 0.3) is 5.91 Å². The van der Waals surface area contributed by atoms with Crippen molar-refractivity contribution in [2.45, 2.75) is 26.8 Å². The van der Waals surface area contributed by atoms with Crippen molar-refractivity contribution in [3.05, 3.63) is 83.8 Å². The number of rotatable bonds is 8. The number of nitrogens with one attached hydrogen (secondary N) is 1. The lowest BCUT2D eigenvalue weighted by Crippen LogP contribution is -2.25. The van der Waals surface area contributed by atoms with Crippen molar-refractivity contribution in [2.24, 2.45) is 0 Å². The summed E-state index contributed by atoms with van der Waals surface area (Å²) in [5.41, 5.74) is 4.98. The van der Waals surface area contributed by atoms with Gasteiger partial charge in [-0.3, -0.25) is 9.48 Å². The molecular weight excluding hydrogens is 402 g/mol. The van der Waals surface area contributed by atoms with Crippen LogP contribution in [-0.2, 0) is 6.54 Å². The summed E-state index contributed by atoms with van der Waals surface area (Å²) < 4.78 is 9.06. The number of methoxy groups -OCH3 is 1. The van der Waals surface area contributed by atoms with Crippen LogP contribution in [0.5, 0.6) is 5.75 Å². The number of aromatic nitrogens is 4. The lowest BCUT2D eigenvalue weighted by atomic mass is 10.1. The van der Waals surface area contributed by atoms with Gasteiger partial charge in [0.05, 0.1) is 24.1 Å². The van der Waals surface area contributed by atoms with E-state index in [1.807, 2.05) is 73.1 Å². The molecule has 4 rings (SSSR count). The molecule has 7 nitrogen and oxygen atoms in total.